The van der Waals surface area contributed by atoms with Gasteiger partial charge in [-0.1, -0.05) is 0 Å². The molecular weight excluding hydrogens is 416 g/mol. The molecule has 8 atom stereocenters. The number of carbonyl (C=O) groups is 4. The molecule has 0 radical (unpaired) electrons. The number of ether oxygens (including phenoxy) is 4. The van der Waals surface area contributed by atoms with Crippen LogP contribution in [-0.2, 0) is 38.1 Å². The smallest absolute Gasteiger partial charge is 0.310 e. The Kier molecular flexibility index (Phi) is 6.50. The average molecular weight is 451 g/mol. The molecule has 8 heteroatoms. The van der Waals surface area contributed by atoms with Crippen molar-refractivity contribution in [3.63, 3.8) is 0 Å². The van der Waals surface area contributed by atoms with E-state index in [0.29, 0.717) is 0 Å². The van der Waals surface area contributed by atoms with Gasteiger partial charge in [0, 0.05) is 0 Å². The molecule has 4 aliphatic rings. The molecule has 0 aliphatic heterocycles. The van der Waals surface area contributed by atoms with Crippen molar-refractivity contribution in [2.24, 2.45) is 59.2 Å². The molecule has 4 bridgehead atoms. The highest BCUT2D eigenvalue weighted by molar-refractivity contribution is 5.86. The second kappa shape index (κ2) is 9.02. The van der Waals surface area contributed by atoms with E-state index in [0.717, 1.165) is 12.8 Å². The molecule has 0 aromatic carbocycles. The Morgan fingerprint density at radius 1 is 0.500 bits per heavy atom. The van der Waals surface area contributed by atoms with Crippen LogP contribution >= 0.6 is 0 Å². The molecule has 8 nitrogen and oxygen atoms in total. The molecule has 4 aliphatic carbocycles. The number of hydrogen-bond acceptors (Lipinski definition) is 8. The van der Waals surface area contributed by atoms with Crippen LogP contribution in [0.1, 0.15) is 40.5 Å². The topological polar surface area (TPSA) is 105 Å². The maximum Gasteiger partial charge on any atom is 0.310 e. The number of hydrogen-bond donors (Lipinski definition) is 0. The van der Waals surface area contributed by atoms with Gasteiger partial charge in [-0.2, -0.15) is 0 Å². The van der Waals surface area contributed by atoms with E-state index in [2.05, 4.69) is 0 Å². The fraction of sp³-hybridized carbons (Fsp3) is 0.833. The summed E-state index contributed by atoms with van der Waals surface area (Å²) in [6.45, 7) is 8.02. The van der Waals surface area contributed by atoms with Gasteiger partial charge < -0.3 is 18.9 Å². The van der Waals surface area contributed by atoms with Crippen molar-refractivity contribution in [2.75, 3.05) is 26.4 Å². The molecule has 0 aromatic heterocycles. The van der Waals surface area contributed by atoms with Crippen LogP contribution in [0.15, 0.2) is 0 Å². The van der Waals surface area contributed by atoms with Gasteiger partial charge in [-0.3, -0.25) is 19.2 Å². The lowest BCUT2D eigenvalue weighted by Crippen LogP contribution is -2.51. The van der Waals surface area contributed by atoms with Crippen molar-refractivity contribution >= 4 is 23.9 Å². The molecule has 0 N–H and O–H groups in total. The molecule has 0 aromatic rings. The number of rotatable bonds is 8. The number of carbonyl (C=O) groups excluding carboxylic acids is 4. The minimum atomic E-state index is -0.552. The highest BCUT2D eigenvalue weighted by Crippen LogP contribution is 2.73. The Bertz CT molecular complexity index is 654. The van der Waals surface area contributed by atoms with Crippen LogP contribution in [0.5, 0.6) is 0 Å². The Hall–Kier alpha value is -2.12. The van der Waals surface area contributed by atoms with Crippen LogP contribution in [-0.4, -0.2) is 50.3 Å². The first-order valence-corrected chi connectivity index (χ1v) is 12.1. The first-order chi connectivity index (χ1) is 15.4. The summed E-state index contributed by atoms with van der Waals surface area (Å²) in [5.74, 6) is -3.61. The van der Waals surface area contributed by atoms with Crippen LogP contribution in [0.2, 0.25) is 0 Å². The van der Waals surface area contributed by atoms with E-state index < -0.39 is 23.7 Å². The van der Waals surface area contributed by atoms with Crippen LogP contribution in [0.4, 0.5) is 0 Å². The molecular formula is C24H34O8. The fourth-order valence-electron chi connectivity index (χ4n) is 7.88. The maximum atomic E-state index is 12.9. The third kappa shape index (κ3) is 3.32. The molecule has 0 heterocycles. The van der Waals surface area contributed by atoms with Crippen molar-refractivity contribution in [3.8, 4) is 0 Å². The Balaban J connectivity index is 1.69. The van der Waals surface area contributed by atoms with Gasteiger partial charge in [0.1, 0.15) is 0 Å². The maximum absolute atomic E-state index is 12.9. The van der Waals surface area contributed by atoms with Crippen molar-refractivity contribution in [3.05, 3.63) is 0 Å². The van der Waals surface area contributed by atoms with Gasteiger partial charge in [0.2, 0.25) is 0 Å². The normalized spacial score (nSPS) is 40.6. The van der Waals surface area contributed by atoms with E-state index in [1.54, 1.807) is 27.7 Å². The summed E-state index contributed by atoms with van der Waals surface area (Å²) in [6, 6.07) is 0. The second-order valence-corrected chi connectivity index (χ2v) is 9.39. The molecule has 4 saturated carbocycles. The van der Waals surface area contributed by atoms with Gasteiger partial charge in [-0.05, 0) is 76.0 Å². The fourth-order valence-corrected chi connectivity index (χ4v) is 7.88. The zero-order valence-corrected chi connectivity index (χ0v) is 19.3. The minimum absolute atomic E-state index is 0.0477. The summed E-state index contributed by atoms with van der Waals surface area (Å²) in [5, 5.41) is 0. The van der Waals surface area contributed by atoms with Crippen molar-refractivity contribution in [1.82, 2.24) is 0 Å². The molecule has 4 rings (SSSR count). The summed E-state index contributed by atoms with van der Waals surface area (Å²) in [7, 11) is 0. The Labute approximate surface area is 188 Å². The van der Waals surface area contributed by atoms with E-state index in [1.807, 2.05) is 0 Å². The molecule has 178 valence electrons. The van der Waals surface area contributed by atoms with E-state index >= 15 is 0 Å². The molecule has 0 amide bonds. The van der Waals surface area contributed by atoms with Crippen LogP contribution in [0.25, 0.3) is 0 Å². The number of fused-ring (bicyclic) bond motifs is 9. The molecule has 4 fully saturated rings. The highest BCUT2D eigenvalue weighted by Gasteiger charge is 2.74. The summed E-state index contributed by atoms with van der Waals surface area (Å²) in [5.41, 5.74) is 0. The third-order valence-electron chi connectivity index (χ3n) is 8.36. The number of esters is 4. The molecule has 0 saturated heterocycles. The first-order valence-electron chi connectivity index (χ1n) is 12.1. The molecule has 0 unspecified atom stereocenters. The van der Waals surface area contributed by atoms with Crippen LogP contribution < -0.4 is 0 Å². The van der Waals surface area contributed by atoms with Crippen molar-refractivity contribution < 1.29 is 38.1 Å². The summed E-state index contributed by atoms with van der Waals surface area (Å²) >= 11 is 0. The largest absolute Gasteiger partial charge is 0.466 e. The predicted octanol–water partition coefficient (Wildman–Crippen LogP) is 2.24. The van der Waals surface area contributed by atoms with E-state index in [4.69, 9.17) is 18.9 Å². The van der Waals surface area contributed by atoms with Crippen molar-refractivity contribution in [2.45, 2.75) is 40.5 Å². The van der Waals surface area contributed by atoms with Crippen LogP contribution in [0.3, 0.4) is 0 Å². The standard InChI is InChI=1S/C24H34O8/c1-5-29-21(25)17-11-9-12(18(17)22(26)30-6-2)16-14-10-13(15(11)16)19(23(27)31-7-3)20(14)24(28)32-8-4/h11-20H,5-10H2,1-4H3/t11-,12+,13-,14+,15?,16?,17-,18+,19-,20+. The van der Waals surface area contributed by atoms with Gasteiger partial charge in [0.15, 0.2) is 0 Å². The third-order valence-corrected chi connectivity index (χ3v) is 8.36. The summed E-state index contributed by atoms with van der Waals surface area (Å²) < 4.78 is 21.4. The average Bonchev–Trinajstić information content (AvgIpc) is 3.50. The van der Waals surface area contributed by atoms with E-state index in [1.165, 1.54) is 0 Å². The van der Waals surface area contributed by atoms with Crippen LogP contribution in [0, 0.1) is 59.2 Å². The summed E-state index contributed by atoms with van der Waals surface area (Å²) in [4.78, 5) is 51.7. The lowest BCUT2D eigenvalue weighted by atomic mass is 9.58. The predicted molar refractivity (Wildman–Crippen MR) is 111 cm³/mol. The quantitative estimate of drug-likeness (QED) is 0.315. The second-order valence-electron chi connectivity index (χ2n) is 9.39. The van der Waals surface area contributed by atoms with Gasteiger partial charge in [0.05, 0.1) is 50.1 Å². The van der Waals surface area contributed by atoms with Gasteiger partial charge in [-0.25, -0.2) is 0 Å². The lowest BCUT2D eigenvalue weighted by molar-refractivity contribution is -0.174. The first kappa shape index (κ1) is 23.1. The van der Waals surface area contributed by atoms with E-state index in [9.17, 15) is 19.2 Å². The Morgan fingerprint density at radius 2 is 0.719 bits per heavy atom. The van der Waals surface area contributed by atoms with Gasteiger partial charge >= 0.3 is 23.9 Å². The molecule has 0 spiro atoms. The Morgan fingerprint density at radius 3 is 0.906 bits per heavy atom. The zero-order valence-electron chi connectivity index (χ0n) is 19.3. The van der Waals surface area contributed by atoms with Crippen molar-refractivity contribution in [1.29, 1.82) is 0 Å². The lowest BCUT2D eigenvalue weighted by Gasteiger charge is -2.45. The SMILES string of the molecule is CCOC(=O)[C@@H]1[C@H](C(=O)OCC)[C@@H]2C[C@H]1C1C2[C@H]2C[C@@H]1[C@H](C(=O)OCC)[C@@H]2C(=O)OCC. The van der Waals surface area contributed by atoms with E-state index in [-0.39, 0.29) is 85.8 Å². The summed E-state index contributed by atoms with van der Waals surface area (Å²) in [6.07, 6.45) is 1.45. The minimum Gasteiger partial charge on any atom is -0.466 e. The monoisotopic (exact) mass is 450 g/mol. The van der Waals surface area contributed by atoms with Gasteiger partial charge in [-0.15, -0.1) is 0 Å². The highest BCUT2D eigenvalue weighted by atomic mass is 16.5. The molecule has 32 heavy (non-hydrogen) atoms. The van der Waals surface area contributed by atoms with Gasteiger partial charge in [0.25, 0.3) is 0 Å². The zero-order chi connectivity index (χ0) is 23.2.